The maximum absolute atomic E-state index is 12.9. The molecule has 0 bridgehead atoms. The van der Waals surface area contributed by atoms with Crippen molar-refractivity contribution in [2.75, 3.05) is 0 Å². The summed E-state index contributed by atoms with van der Waals surface area (Å²) in [7, 11) is 0. The Morgan fingerprint density at radius 2 is 1.69 bits per heavy atom. The normalized spacial score (nSPS) is 11.4. The van der Waals surface area contributed by atoms with E-state index in [1.807, 2.05) is 0 Å². The summed E-state index contributed by atoms with van der Waals surface area (Å²) in [6, 6.07) is 8.99. The molecule has 26 heavy (non-hydrogen) atoms. The average Bonchev–Trinajstić information content (AvgIpc) is 3.08. The highest BCUT2D eigenvalue weighted by Gasteiger charge is 2.30. The molecule has 0 saturated heterocycles. The first-order valence-corrected chi connectivity index (χ1v) is 7.26. The second kappa shape index (κ2) is 6.95. The number of ether oxygens (including phenoxy) is 1. The summed E-state index contributed by atoms with van der Waals surface area (Å²) in [4.78, 5) is 15.9. The number of hydrogen-bond acceptors (Lipinski definition) is 5. The molecule has 0 saturated carbocycles. The van der Waals surface area contributed by atoms with Crippen LogP contribution >= 0.6 is 0 Å². The predicted octanol–water partition coefficient (Wildman–Crippen LogP) is 4.25. The second-order valence-corrected chi connectivity index (χ2v) is 5.17. The molecule has 0 fully saturated rings. The summed E-state index contributed by atoms with van der Waals surface area (Å²) in [6.45, 7) is -0.353. The molecule has 3 aromatic rings. The van der Waals surface area contributed by atoms with E-state index in [0.29, 0.717) is 5.56 Å². The van der Waals surface area contributed by atoms with E-state index in [4.69, 9.17) is 9.26 Å². The molecule has 1 aromatic heterocycles. The van der Waals surface area contributed by atoms with Crippen LogP contribution in [-0.2, 0) is 17.5 Å². The number of nitrogens with zero attached hydrogens (tertiary/aromatic N) is 2. The number of hydrogen-bond donors (Lipinski definition) is 0. The summed E-state index contributed by atoms with van der Waals surface area (Å²) in [5.74, 6) is -1.07. The molecule has 0 radical (unpaired) electrons. The first-order chi connectivity index (χ1) is 12.3. The average molecular weight is 366 g/mol. The lowest BCUT2D eigenvalue weighted by Gasteiger charge is -2.07. The molecule has 0 aliphatic heterocycles. The zero-order chi connectivity index (χ0) is 18.7. The molecule has 0 amide bonds. The molecule has 2 aromatic carbocycles. The molecule has 5 nitrogen and oxygen atoms in total. The quantitative estimate of drug-likeness (QED) is 0.510. The third kappa shape index (κ3) is 4.05. The Hall–Kier alpha value is -3.23. The molecule has 0 N–H and O–H groups in total. The van der Waals surface area contributed by atoms with Gasteiger partial charge in [0.2, 0.25) is 5.82 Å². The van der Waals surface area contributed by atoms with E-state index in [2.05, 4.69) is 10.1 Å². The fraction of sp³-hybridized carbons (Fsp3) is 0.118. The van der Waals surface area contributed by atoms with Crippen molar-refractivity contribution in [1.82, 2.24) is 10.1 Å². The van der Waals surface area contributed by atoms with Crippen molar-refractivity contribution in [3.05, 3.63) is 71.4 Å². The molecule has 0 aliphatic carbocycles. The highest BCUT2D eigenvalue weighted by Crippen LogP contribution is 2.29. The molecule has 0 unspecified atom stereocenters. The van der Waals surface area contributed by atoms with Gasteiger partial charge in [0.05, 0.1) is 11.1 Å². The Labute approximate surface area is 144 Å². The summed E-state index contributed by atoms with van der Waals surface area (Å²) < 4.78 is 60.2. The molecule has 3 rings (SSSR count). The number of alkyl halides is 3. The molecule has 0 aliphatic rings. The SMILES string of the molecule is O=C(OCc1nc(-c2ccc(F)cc2)no1)c1ccc(C(F)(F)F)cc1. The van der Waals surface area contributed by atoms with Crippen LogP contribution in [0, 0.1) is 5.82 Å². The van der Waals surface area contributed by atoms with Crippen LogP contribution in [0.15, 0.2) is 53.1 Å². The fourth-order valence-electron chi connectivity index (χ4n) is 2.04. The minimum atomic E-state index is -4.48. The maximum atomic E-state index is 12.9. The van der Waals surface area contributed by atoms with Gasteiger partial charge < -0.3 is 9.26 Å². The molecule has 1 heterocycles. The Balaban J connectivity index is 1.62. The van der Waals surface area contributed by atoms with Crippen LogP contribution in [0.2, 0.25) is 0 Å². The van der Waals surface area contributed by atoms with Gasteiger partial charge in [-0.1, -0.05) is 5.16 Å². The van der Waals surface area contributed by atoms with Crippen molar-refractivity contribution in [2.45, 2.75) is 12.8 Å². The van der Waals surface area contributed by atoms with Crippen LogP contribution in [0.1, 0.15) is 21.8 Å². The van der Waals surface area contributed by atoms with Crippen LogP contribution in [0.3, 0.4) is 0 Å². The van der Waals surface area contributed by atoms with Gasteiger partial charge >= 0.3 is 12.1 Å². The van der Waals surface area contributed by atoms with E-state index in [0.717, 1.165) is 24.3 Å². The zero-order valence-corrected chi connectivity index (χ0v) is 13.0. The van der Waals surface area contributed by atoms with E-state index in [-0.39, 0.29) is 23.9 Å². The molecular formula is C17H10F4N2O3. The van der Waals surface area contributed by atoms with Gasteiger partial charge in [-0.3, -0.25) is 0 Å². The van der Waals surface area contributed by atoms with Crippen molar-refractivity contribution < 1.29 is 31.6 Å². The van der Waals surface area contributed by atoms with Gasteiger partial charge in [-0.05, 0) is 48.5 Å². The van der Waals surface area contributed by atoms with E-state index in [1.54, 1.807) is 0 Å². The molecule has 134 valence electrons. The van der Waals surface area contributed by atoms with Crippen LogP contribution in [-0.4, -0.2) is 16.1 Å². The third-order valence-corrected chi connectivity index (χ3v) is 3.35. The largest absolute Gasteiger partial charge is 0.452 e. The van der Waals surface area contributed by atoms with Crippen molar-refractivity contribution in [2.24, 2.45) is 0 Å². The van der Waals surface area contributed by atoms with E-state index >= 15 is 0 Å². The first-order valence-electron chi connectivity index (χ1n) is 7.26. The highest BCUT2D eigenvalue weighted by molar-refractivity contribution is 5.89. The summed E-state index contributed by atoms with van der Waals surface area (Å²) >= 11 is 0. The standard InChI is InChI=1S/C17H10F4N2O3/c18-13-7-3-10(4-8-13)15-22-14(26-23-15)9-25-16(24)11-1-5-12(6-2-11)17(19,20)21/h1-8H,9H2. The number of carbonyl (C=O) groups excluding carboxylic acids is 1. The van der Waals surface area contributed by atoms with E-state index in [1.165, 1.54) is 24.3 Å². The van der Waals surface area contributed by atoms with Crippen molar-refractivity contribution in [3.8, 4) is 11.4 Å². The van der Waals surface area contributed by atoms with Crippen LogP contribution < -0.4 is 0 Å². The van der Waals surface area contributed by atoms with Crippen LogP contribution in [0.4, 0.5) is 17.6 Å². The van der Waals surface area contributed by atoms with E-state index < -0.39 is 23.5 Å². The predicted molar refractivity (Wildman–Crippen MR) is 80.3 cm³/mol. The van der Waals surface area contributed by atoms with E-state index in [9.17, 15) is 22.4 Å². The molecule has 9 heteroatoms. The summed E-state index contributed by atoms with van der Waals surface area (Å²) in [6.07, 6.45) is -4.48. The monoisotopic (exact) mass is 366 g/mol. The van der Waals surface area contributed by atoms with Crippen molar-refractivity contribution in [3.63, 3.8) is 0 Å². The Morgan fingerprint density at radius 1 is 1.04 bits per heavy atom. The Morgan fingerprint density at radius 3 is 2.31 bits per heavy atom. The van der Waals surface area contributed by atoms with Gasteiger partial charge in [0.25, 0.3) is 5.89 Å². The van der Waals surface area contributed by atoms with Crippen molar-refractivity contribution >= 4 is 5.97 Å². The van der Waals surface area contributed by atoms with Gasteiger partial charge in [0.1, 0.15) is 5.82 Å². The number of esters is 1. The zero-order valence-electron chi connectivity index (χ0n) is 13.0. The number of rotatable bonds is 4. The Kier molecular flexibility index (Phi) is 4.70. The Bertz CT molecular complexity index is 903. The van der Waals surface area contributed by atoms with Gasteiger partial charge in [0, 0.05) is 5.56 Å². The third-order valence-electron chi connectivity index (χ3n) is 3.35. The first kappa shape index (κ1) is 17.6. The number of aromatic nitrogens is 2. The topological polar surface area (TPSA) is 65.2 Å². The molecule has 0 atom stereocenters. The molecule has 0 spiro atoms. The second-order valence-electron chi connectivity index (χ2n) is 5.17. The number of halogens is 4. The lowest BCUT2D eigenvalue weighted by molar-refractivity contribution is -0.137. The minimum absolute atomic E-state index is 0.00964. The maximum Gasteiger partial charge on any atom is 0.416 e. The number of benzene rings is 2. The molecular weight excluding hydrogens is 356 g/mol. The van der Waals surface area contributed by atoms with Gasteiger partial charge in [-0.25, -0.2) is 9.18 Å². The van der Waals surface area contributed by atoms with Crippen molar-refractivity contribution in [1.29, 1.82) is 0 Å². The lowest BCUT2D eigenvalue weighted by atomic mass is 10.1. The summed E-state index contributed by atoms with van der Waals surface area (Å²) in [5.41, 5.74) is -0.401. The highest BCUT2D eigenvalue weighted by atomic mass is 19.4. The number of carbonyl (C=O) groups is 1. The smallest absolute Gasteiger partial charge is 0.416 e. The summed E-state index contributed by atoms with van der Waals surface area (Å²) in [5, 5.41) is 3.68. The van der Waals surface area contributed by atoms with Gasteiger partial charge in [-0.2, -0.15) is 18.2 Å². The van der Waals surface area contributed by atoms with Gasteiger partial charge in [-0.15, -0.1) is 0 Å². The lowest BCUT2D eigenvalue weighted by Crippen LogP contribution is -2.08. The van der Waals surface area contributed by atoms with Crippen LogP contribution in [0.25, 0.3) is 11.4 Å². The minimum Gasteiger partial charge on any atom is -0.452 e. The van der Waals surface area contributed by atoms with Gasteiger partial charge in [0.15, 0.2) is 6.61 Å². The fourth-order valence-corrected chi connectivity index (χ4v) is 2.04. The van der Waals surface area contributed by atoms with Crippen LogP contribution in [0.5, 0.6) is 0 Å².